The molecule has 2 N–H and O–H groups in total. The maximum absolute atomic E-state index is 12.8. The Hall–Kier alpha value is -1.50. The molecule has 100 valence electrons. The number of thiophene rings is 1. The van der Waals surface area contributed by atoms with Crippen LogP contribution in [0.2, 0.25) is 4.34 Å². The molecule has 1 atom stereocenters. The fraction of sp³-hybridized carbons (Fsp3) is 0.167. The summed E-state index contributed by atoms with van der Waals surface area (Å²) in [6.07, 6.45) is 0.368. The van der Waals surface area contributed by atoms with Crippen LogP contribution in [0.4, 0.5) is 4.39 Å². The zero-order chi connectivity index (χ0) is 13.8. The van der Waals surface area contributed by atoms with Crippen molar-refractivity contribution in [3.05, 3.63) is 51.2 Å². The van der Waals surface area contributed by atoms with E-state index in [2.05, 4.69) is 10.3 Å². The summed E-state index contributed by atoms with van der Waals surface area (Å²) in [7, 11) is 0. The lowest BCUT2D eigenvalue weighted by Crippen LogP contribution is -2.28. The summed E-state index contributed by atoms with van der Waals surface area (Å²) in [6, 6.07) is 5.79. The number of aromatic nitrogens is 1. The van der Waals surface area contributed by atoms with Crippen LogP contribution in [0.1, 0.15) is 21.3 Å². The highest BCUT2D eigenvalue weighted by Gasteiger charge is 2.13. The number of carbonyl (C=O) groups is 1. The van der Waals surface area contributed by atoms with E-state index >= 15 is 0 Å². The molecule has 19 heavy (non-hydrogen) atoms. The van der Waals surface area contributed by atoms with Crippen molar-refractivity contribution in [2.75, 3.05) is 6.54 Å². The average molecular weight is 301 g/mol. The predicted molar refractivity (Wildman–Crippen MR) is 70.8 cm³/mol. The molecule has 0 aliphatic carbocycles. The molecule has 0 aliphatic rings. The van der Waals surface area contributed by atoms with Crippen LogP contribution in [0.15, 0.2) is 30.5 Å². The molecular weight excluding hydrogens is 291 g/mol. The van der Waals surface area contributed by atoms with Gasteiger partial charge in [0.15, 0.2) is 0 Å². The van der Waals surface area contributed by atoms with E-state index in [4.69, 9.17) is 11.6 Å². The molecule has 4 nitrogen and oxygen atoms in total. The number of hydrogen-bond acceptors (Lipinski definition) is 4. The third-order valence-electron chi connectivity index (χ3n) is 2.37. The molecule has 0 radical (unpaired) electrons. The van der Waals surface area contributed by atoms with Crippen LogP contribution >= 0.6 is 22.9 Å². The Labute approximate surface area is 117 Å². The van der Waals surface area contributed by atoms with Gasteiger partial charge in [-0.05, 0) is 18.2 Å². The van der Waals surface area contributed by atoms with Crippen molar-refractivity contribution in [3.8, 4) is 0 Å². The number of pyridine rings is 1. The quantitative estimate of drug-likeness (QED) is 0.852. The molecule has 2 aromatic heterocycles. The van der Waals surface area contributed by atoms with E-state index in [9.17, 15) is 14.3 Å². The fourth-order valence-corrected chi connectivity index (χ4v) is 2.49. The van der Waals surface area contributed by atoms with Gasteiger partial charge in [-0.3, -0.25) is 4.79 Å². The first kappa shape index (κ1) is 13.9. The highest BCUT2D eigenvalue weighted by Crippen LogP contribution is 2.26. The number of carbonyl (C=O) groups excluding carboxylic acids is 1. The fourth-order valence-electron chi connectivity index (χ4n) is 1.44. The second-order valence-electron chi connectivity index (χ2n) is 3.73. The monoisotopic (exact) mass is 300 g/mol. The maximum Gasteiger partial charge on any atom is 0.251 e. The normalized spacial score (nSPS) is 12.2. The summed E-state index contributed by atoms with van der Waals surface area (Å²) in [5, 5.41) is 12.3. The van der Waals surface area contributed by atoms with Crippen molar-refractivity contribution in [3.63, 3.8) is 0 Å². The number of hydrogen-bond donors (Lipinski definition) is 2. The molecule has 0 aliphatic heterocycles. The van der Waals surface area contributed by atoms with Crippen LogP contribution < -0.4 is 5.32 Å². The lowest BCUT2D eigenvalue weighted by Gasteiger charge is -2.10. The highest BCUT2D eigenvalue weighted by atomic mass is 35.5. The predicted octanol–water partition coefficient (Wildman–Crippen LogP) is 2.40. The molecular formula is C12H10ClFN2O2S. The van der Waals surface area contributed by atoms with Gasteiger partial charge in [0.1, 0.15) is 6.10 Å². The van der Waals surface area contributed by atoms with Crippen molar-refractivity contribution in [1.29, 1.82) is 0 Å². The molecule has 0 saturated carbocycles. The first-order valence-corrected chi connectivity index (χ1v) is 6.59. The molecule has 2 heterocycles. The van der Waals surface area contributed by atoms with Crippen LogP contribution in [-0.2, 0) is 0 Å². The second kappa shape index (κ2) is 6.10. The zero-order valence-corrected chi connectivity index (χ0v) is 11.2. The van der Waals surface area contributed by atoms with Crippen molar-refractivity contribution >= 4 is 28.8 Å². The van der Waals surface area contributed by atoms with Crippen molar-refractivity contribution in [1.82, 2.24) is 10.3 Å². The van der Waals surface area contributed by atoms with Crippen LogP contribution in [0.3, 0.4) is 0 Å². The first-order valence-electron chi connectivity index (χ1n) is 5.39. The molecule has 1 unspecified atom stereocenters. The van der Waals surface area contributed by atoms with E-state index in [0.717, 1.165) is 6.07 Å². The van der Waals surface area contributed by atoms with Gasteiger partial charge in [-0.25, -0.2) is 4.98 Å². The molecule has 0 aromatic carbocycles. The average Bonchev–Trinajstić information content (AvgIpc) is 2.82. The summed E-state index contributed by atoms with van der Waals surface area (Å²) in [6.45, 7) is 0.0274. The second-order valence-corrected chi connectivity index (χ2v) is 5.48. The van der Waals surface area contributed by atoms with Gasteiger partial charge in [0, 0.05) is 29.2 Å². The largest absolute Gasteiger partial charge is 0.386 e. The summed E-state index contributed by atoms with van der Waals surface area (Å²) < 4.78 is 13.4. The van der Waals surface area contributed by atoms with Gasteiger partial charge in [0.2, 0.25) is 5.95 Å². The smallest absolute Gasteiger partial charge is 0.251 e. The van der Waals surface area contributed by atoms with E-state index in [-0.39, 0.29) is 12.1 Å². The molecule has 0 spiro atoms. The molecule has 7 heteroatoms. The minimum Gasteiger partial charge on any atom is -0.386 e. The first-order chi connectivity index (χ1) is 9.06. The van der Waals surface area contributed by atoms with Crippen LogP contribution in [0.5, 0.6) is 0 Å². The maximum atomic E-state index is 12.8. The van der Waals surface area contributed by atoms with Gasteiger partial charge in [-0.15, -0.1) is 11.3 Å². The number of aliphatic hydroxyl groups excluding tert-OH is 1. The number of amides is 1. The topological polar surface area (TPSA) is 62.2 Å². The zero-order valence-electron chi connectivity index (χ0n) is 9.64. The molecule has 0 fully saturated rings. The minimum absolute atomic E-state index is 0.0274. The Morgan fingerprint density at radius 3 is 2.95 bits per heavy atom. The highest BCUT2D eigenvalue weighted by molar-refractivity contribution is 7.16. The molecule has 2 rings (SSSR count). The number of rotatable bonds is 4. The Balaban J connectivity index is 1.93. The number of aliphatic hydroxyl groups is 1. The molecule has 0 saturated heterocycles. The number of nitrogens with zero attached hydrogens (tertiary/aromatic N) is 1. The molecule has 2 aromatic rings. The van der Waals surface area contributed by atoms with Gasteiger partial charge in [0.25, 0.3) is 5.91 Å². The van der Waals surface area contributed by atoms with Crippen LogP contribution in [-0.4, -0.2) is 22.5 Å². The van der Waals surface area contributed by atoms with Crippen LogP contribution in [0, 0.1) is 5.95 Å². The van der Waals surface area contributed by atoms with Gasteiger partial charge in [-0.1, -0.05) is 11.6 Å². The van der Waals surface area contributed by atoms with Gasteiger partial charge in [-0.2, -0.15) is 4.39 Å². The van der Waals surface area contributed by atoms with Crippen molar-refractivity contribution in [2.24, 2.45) is 0 Å². The van der Waals surface area contributed by atoms with Gasteiger partial charge >= 0.3 is 0 Å². The summed E-state index contributed by atoms with van der Waals surface area (Å²) in [5.41, 5.74) is 0.156. The Morgan fingerprint density at radius 1 is 1.53 bits per heavy atom. The Bertz CT molecular complexity index is 591. The standard InChI is InChI=1S/C12H10ClFN2O2S/c13-10-2-1-9(19-10)8(17)6-16-12(18)7-3-4-15-11(14)5-7/h1-5,8,17H,6H2,(H,16,18). The number of halogens is 2. The Kier molecular flexibility index (Phi) is 4.47. The van der Waals surface area contributed by atoms with Crippen LogP contribution in [0.25, 0.3) is 0 Å². The van der Waals surface area contributed by atoms with Crippen molar-refractivity contribution < 1.29 is 14.3 Å². The SMILES string of the molecule is O=C(NCC(O)c1ccc(Cl)s1)c1ccnc(F)c1. The van der Waals surface area contributed by atoms with E-state index in [0.29, 0.717) is 9.21 Å². The number of nitrogens with one attached hydrogen (secondary N) is 1. The molecule has 1 amide bonds. The Morgan fingerprint density at radius 2 is 2.32 bits per heavy atom. The summed E-state index contributed by atoms with van der Waals surface area (Å²) in [5.74, 6) is -1.19. The van der Waals surface area contributed by atoms with Crippen molar-refractivity contribution in [2.45, 2.75) is 6.10 Å². The lowest BCUT2D eigenvalue weighted by atomic mass is 10.2. The third-order valence-corrected chi connectivity index (χ3v) is 3.70. The van der Waals surface area contributed by atoms with E-state index in [1.54, 1.807) is 12.1 Å². The van der Waals surface area contributed by atoms with Gasteiger partial charge < -0.3 is 10.4 Å². The van der Waals surface area contributed by atoms with E-state index < -0.39 is 18.0 Å². The third kappa shape index (κ3) is 3.73. The lowest BCUT2D eigenvalue weighted by molar-refractivity contribution is 0.0917. The minimum atomic E-state index is -0.840. The summed E-state index contributed by atoms with van der Waals surface area (Å²) >= 11 is 6.99. The van der Waals surface area contributed by atoms with E-state index in [1.165, 1.54) is 23.6 Å². The molecule has 0 bridgehead atoms. The van der Waals surface area contributed by atoms with Gasteiger partial charge in [0.05, 0.1) is 4.34 Å². The summed E-state index contributed by atoms with van der Waals surface area (Å²) in [4.78, 5) is 15.7. The van der Waals surface area contributed by atoms with E-state index in [1.807, 2.05) is 0 Å².